The molecule has 0 saturated carbocycles. The number of aromatic nitrogens is 1. The van der Waals surface area contributed by atoms with Gasteiger partial charge >= 0.3 is 0 Å². The van der Waals surface area contributed by atoms with Crippen molar-refractivity contribution in [2.24, 2.45) is 4.99 Å². The molecule has 0 radical (unpaired) electrons. The fourth-order valence-electron chi connectivity index (χ4n) is 1.81. The van der Waals surface area contributed by atoms with Crippen molar-refractivity contribution < 1.29 is 9.26 Å². The summed E-state index contributed by atoms with van der Waals surface area (Å²) in [5.41, 5.74) is 8.05. The van der Waals surface area contributed by atoms with E-state index in [0.717, 1.165) is 11.1 Å². The fourth-order valence-corrected chi connectivity index (χ4v) is 1.81. The van der Waals surface area contributed by atoms with E-state index < -0.39 is 0 Å². The first-order valence-corrected chi connectivity index (χ1v) is 5.34. The lowest BCUT2D eigenvalue weighted by atomic mass is 10.0. The van der Waals surface area contributed by atoms with Crippen LogP contribution in [0.25, 0.3) is 11.3 Å². The Hall–Kier alpha value is -2.30. The Morgan fingerprint density at radius 3 is 2.65 bits per heavy atom. The van der Waals surface area contributed by atoms with Crippen LogP contribution < -0.4 is 5.73 Å². The Balaban J connectivity index is 2.10. The molecule has 5 heteroatoms. The topological polar surface area (TPSA) is 73.6 Å². The molecule has 0 amide bonds. The standard InChI is InChI=1S/C12H11N3O2/c13-11-7-10(15-17-11)8-3-1-2-4-9(8)12-14-5-6-16-12/h1-4,7H,5-6,13H2. The molecule has 0 spiro atoms. The molecule has 86 valence electrons. The minimum atomic E-state index is 0.295. The van der Waals surface area contributed by atoms with Crippen LogP contribution in [0.15, 0.2) is 39.8 Å². The normalized spacial score (nSPS) is 14.5. The number of nitrogen functional groups attached to an aromatic ring is 1. The monoisotopic (exact) mass is 229 g/mol. The number of aliphatic imine (C=N–C) groups is 1. The molecular formula is C12H11N3O2. The van der Waals surface area contributed by atoms with Gasteiger partial charge in [-0.15, -0.1) is 0 Å². The molecule has 2 aromatic rings. The average Bonchev–Trinajstić information content (AvgIpc) is 3.00. The van der Waals surface area contributed by atoms with Crippen LogP contribution in [0.1, 0.15) is 5.56 Å². The number of hydrogen-bond acceptors (Lipinski definition) is 5. The van der Waals surface area contributed by atoms with Gasteiger partial charge in [0.15, 0.2) is 0 Å². The third-order valence-electron chi connectivity index (χ3n) is 2.55. The highest BCUT2D eigenvalue weighted by Gasteiger charge is 2.17. The quantitative estimate of drug-likeness (QED) is 0.850. The molecule has 5 nitrogen and oxygen atoms in total. The second kappa shape index (κ2) is 3.93. The number of hydrogen-bond donors (Lipinski definition) is 1. The van der Waals surface area contributed by atoms with Crippen molar-refractivity contribution >= 4 is 11.8 Å². The number of benzene rings is 1. The van der Waals surface area contributed by atoms with Gasteiger partial charge in [0, 0.05) is 17.2 Å². The van der Waals surface area contributed by atoms with Crippen molar-refractivity contribution in [2.45, 2.75) is 0 Å². The summed E-state index contributed by atoms with van der Waals surface area (Å²) in [7, 11) is 0. The lowest BCUT2D eigenvalue weighted by Gasteiger charge is -2.06. The number of anilines is 1. The molecule has 3 rings (SSSR count). The highest BCUT2D eigenvalue weighted by Crippen LogP contribution is 2.25. The summed E-state index contributed by atoms with van der Waals surface area (Å²) in [5.74, 6) is 0.950. The molecule has 17 heavy (non-hydrogen) atoms. The fraction of sp³-hybridized carbons (Fsp3) is 0.167. The van der Waals surface area contributed by atoms with Crippen molar-refractivity contribution in [3.63, 3.8) is 0 Å². The molecule has 0 bridgehead atoms. The summed E-state index contributed by atoms with van der Waals surface area (Å²) in [6.45, 7) is 1.33. The molecule has 0 unspecified atom stereocenters. The predicted octanol–water partition coefficient (Wildman–Crippen LogP) is 1.70. The molecule has 0 aliphatic carbocycles. The lowest BCUT2D eigenvalue weighted by molar-refractivity contribution is 0.348. The Bertz CT molecular complexity index is 575. The van der Waals surface area contributed by atoms with Gasteiger partial charge in [0.2, 0.25) is 11.8 Å². The van der Waals surface area contributed by atoms with Gasteiger partial charge in [-0.25, -0.2) is 4.99 Å². The molecule has 0 saturated heterocycles. The molecule has 1 aliphatic rings. The van der Waals surface area contributed by atoms with Crippen LogP contribution in [0.4, 0.5) is 5.88 Å². The van der Waals surface area contributed by atoms with E-state index in [0.29, 0.717) is 30.6 Å². The first-order valence-electron chi connectivity index (χ1n) is 5.34. The van der Waals surface area contributed by atoms with Gasteiger partial charge in [-0.05, 0) is 6.07 Å². The van der Waals surface area contributed by atoms with Crippen LogP contribution in [0, 0.1) is 0 Å². The Morgan fingerprint density at radius 2 is 2.00 bits per heavy atom. The van der Waals surface area contributed by atoms with E-state index in [1.165, 1.54) is 0 Å². The lowest BCUT2D eigenvalue weighted by Crippen LogP contribution is -2.03. The van der Waals surface area contributed by atoms with Gasteiger partial charge in [-0.1, -0.05) is 23.4 Å². The molecule has 0 atom stereocenters. The van der Waals surface area contributed by atoms with E-state index in [1.54, 1.807) is 6.07 Å². The number of nitrogens with zero attached hydrogens (tertiary/aromatic N) is 2. The summed E-state index contributed by atoms with van der Waals surface area (Å²) < 4.78 is 10.4. The summed E-state index contributed by atoms with van der Waals surface area (Å²) >= 11 is 0. The molecular weight excluding hydrogens is 218 g/mol. The van der Waals surface area contributed by atoms with Gasteiger partial charge in [0.05, 0.1) is 6.54 Å². The van der Waals surface area contributed by atoms with Crippen molar-refractivity contribution in [1.29, 1.82) is 0 Å². The molecule has 2 heterocycles. The first-order chi connectivity index (χ1) is 8.34. The van der Waals surface area contributed by atoms with Gasteiger partial charge in [0.1, 0.15) is 12.3 Å². The van der Waals surface area contributed by atoms with Gasteiger partial charge in [-0.2, -0.15) is 0 Å². The van der Waals surface area contributed by atoms with Crippen molar-refractivity contribution in [3.8, 4) is 11.3 Å². The van der Waals surface area contributed by atoms with Crippen LogP contribution in [-0.2, 0) is 4.74 Å². The predicted molar refractivity (Wildman–Crippen MR) is 63.7 cm³/mol. The third-order valence-corrected chi connectivity index (χ3v) is 2.55. The molecule has 1 aliphatic heterocycles. The third kappa shape index (κ3) is 1.75. The average molecular weight is 229 g/mol. The summed E-state index contributed by atoms with van der Waals surface area (Å²) in [4.78, 5) is 4.30. The Kier molecular flexibility index (Phi) is 2.29. The zero-order chi connectivity index (χ0) is 11.7. The maximum atomic E-state index is 5.53. The molecule has 1 aromatic carbocycles. The summed E-state index contributed by atoms with van der Waals surface area (Å²) in [6.07, 6.45) is 0. The Morgan fingerprint density at radius 1 is 1.18 bits per heavy atom. The van der Waals surface area contributed by atoms with Crippen LogP contribution in [0.2, 0.25) is 0 Å². The maximum Gasteiger partial charge on any atom is 0.222 e. The maximum absolute atomic E-state index is 5.53. The smallest absolute Gasteiger partial charge is 0.222 e. The van der Waals surface area contributed by atoms with Crippen LogP contribution in [-0.4, -0.2) is 24.2 Å². The number of ether oxygens (including phenoxy) is 1. The minimum absolute atomic E-state index is 0.295. The van der Waals surface area contributed by atoms with E-state index in [1.807, 2.05) is 24.3 Å². The van der Waals surface area contributed by atoms with E-state index >= 15 is 0 Å². The SMILES string of the molecule is Nc1cc(-c2ccccc2C2=NCCO2)no1. The second-order valence-corrected chi connectivity index (χ2v) is 3.70. The van der Waals surface area contributed by atoms with Crippen LogP contribution in [0.5, 0.6) is 0 Å². The number of rotatable bonds is 2. The van der Waals surface area contributed by atoms with E-state index in [9.17, 15) is 0 Å². The minimum Gasteiger partial charge on any atom is -0.475 e. The van der Waals surface area contributed by atoms with E-state index in [2.05, 4.69) is 10.1 Å². The van der Waals surface area contributed by atoms with Crippen LogP contribution in [0.3, 0.4) is 0 Å². The molecule has 2 N–H and O–H groups in total. The highest BCUT2D eigenvalue weighted by atomic mass is 16.5. The number of nitrogens with two attached hydrogens (primary N) is 1. The second-order valence-electron chi connectivity index (χ2n) is 3.70. The van der Waals surface area contributed by atoms with Crippen molar-refractivity contribution in [1.82, 2.24) is 5.16 Å². The Labute approximate surface area is 97.9 Å². The van der Waals surface area contributed by atoms with E-state index in [-0.39, 0.29) is 0 Å². The van der Waals surface area contributed by atoms with E-state index in [4.69, 9.17) is 15.0 Å². The summed E-state index contributed by atoms with van der Waals surface area (Å²) in [6, 6.07) is 9.45. The van der Waals surface area contributed by atoms with Crippen molar-refractivity contribution in [2.75, 3.05) is 18.9 Å². The van der Waals surface area contributed by atoms with Gasteiger partial charge < -0.3 is 15.0 Å². The van der Waals surface area contributed by atoms with Gasteiger partial charge in [0.25, 0.3) is 0 Å². The van der Waals surface area contributed by atoms with Gasteiger partial charge in [-0.3, -0.25) is 0 Å². The summed E-state index contributed by atoms with van der Waals surface area (Å²) in [5, 5.41) is 3.91. The van der Waals surface area contributed by atoms with Crippen molar-refractivity contribution in [3.05, 3.63) is 35.9 Å². The first kappa shape index (κ1) is 9.89. The molecule has 1 aromatic heterocycles. The van der Waals surface area contributed by atoms with Crippen LogP contribution >= 0.6 is 0 Å². The highest BCUT2D eigenvalue weighted by molar-refractivity contribution is 6.01. The zero-order valence-corrected chi connectivity index (χ0v) is 9.09. The zero-order valence-electron chi connectivity index (χ0n) is 9.09. The largest absolute Gasteiger partial charge is 0.475 e. The molecule has 0 fully saturated rings.